The third kappa shape index (κ3) is 5.24. The van der Waals surface area contributed by atoms with Crippen molar-refractivity contribution in [3.8, 4) is 11.1 Å². The van der Waals surface area contributed by atoms with Crippen molar-refractivity contribution in [2.24, 2.45) is 17.3 Å². The fourth-order valence-electron chi connectivity index (χ4n) is 4.81. The van der Waals surface area contributed by atoms with E-state index in [1.807, 2.05) is 24.3 Å². The van der Waals surface area contributed by atoms with Gasteiger partial charge in [0, 0.05) is 25.4 Å². The van der Waals surface area contributed by atoms with Gasteiger partial charge in [0.25, 0.3) is 0 Å². The Hall–Kier alpha value is -3.35. The van der Waals surface area contributed by atoms with Crippen LogP contribution in [0.2, 0.25) is 0 Å². The van der Waals surface area contributed by atoms with Gasteiger partial charge < -0.3 is 20.5 Å². The zero-order valence-corrected chi connectivity index (χ0v) is 19.7. The zero-order valence-electron chi connectivity index (χ0n) is 19.7. The lowest BCUT2D eigenvalue weighted by Crippen LogP contribution is -2.41. The van der Waals surface area contributed by atoms with Gasteiger partial charge in [-0.2, -0.15) is 0 Å². The highest BCUT2D eigenvalue weighted by molar-refractivity contribution is 5.79. The van der Waals surface area contributed by atoms with Gasteiger partial charge in [0.2, 0.25) is 5.91 Å². The smallest absolute Gasteiger partial charge is 0.407 e. The molecule has 3 N–H and O–H groups in total. The van der Waals surface area contributed by atoms with Crippen molar-refractivity contribution in [2.45, 2.75) is 39.0 Å². The SMILES string of the molecule is CC(C)(CNC(=O)CC1CC(CNC(=O)OCC2c3ccccc3-c3ccccc32)C1)C(=O)O. The lowest BCUT2D eigenvalue weighted by atomic mass is 9.73. The Balaban J connectivity index is 1.16. The molecule has 2 amide bonds. The number of rotatable bonds is 9. The van der Waals surface area contributed by atoms with Crippen LogP contribution in [-0.2, 0) is 14.3 Å². The van der Waals surface area contributed by atoms with Gasteiger partial charge in [-0.15, -0.1) is 0 Å². The number of carboxylic acid groups (broad SMARTS) is 1. The monoisotopic (exact) mass is 464 g/mol. The maximum atomic E-state index is 12.3. The van der Waals surface area contributed by atoms with Crippen LogP contribution in [0.25, 0.3) is 11.1 Å². The summed E-state index contributed by atoms with van der Waals surface area (Å²) in [5.41, 5.74) is 3.78. The number of benzene rings is 2. The summed E-state index contributed by atoms with van der Waals surface area (Å²) in [6, 6.07) is 16.5. The van der Waals surface area contributed by atoms with E-state index < -0.39 is 17.5 Å². The molecule has 2 aliphatic rings. The van der Waals surface area contributed by atoms with E-state index in [9.17, 15) is 14.4 Å². The molecule has 0 spiro atoms. The van der Waals surface area contributed by atoms with E-state index in [0.29, 0.717) is 25.5 Å². The average molecular weight is 465 g/mol. The van der Waals surface area contributed by atoms with Gasteiger partial charge >= 0.3 is 12.1 Å². The fourth-order valence-corrected chi connectivity index (χ4v) is 4.81. The van der Waals surface area contributed by atoms with Crippen molar-refractivity contribution in [1.82, 2.24) is 10.6 Å². The number of carboxylic acids is 1. The molecule has 0 saturated heterocycles. The molecular formula is C27H32N2O5. The first-order valence-electron chi connectivity index (χ1n) is 11.8. The summed E-state index contributed by atoms with van der Waals surface area (Å²) in [5.74, 6) is -0.426. The molecule has 0 bridgehead atoms. The quantitative estimate of drug-likeness (QED) is 0.517. The summed E-state index contributed by atoms with van der Waals surface area (Å²) in [4.78, 5) is 35.5. The van der Waals surface area contributed by atoms with E-state index in [1.165, 1.54) is 22.3 Å². The number of carbonyl (C=O) groups is 3. The molecule has 0 atom stereocenters. The molecule has 0 radical (unpaired) electrons. The molecule has 0 aliphatic heterocycles. The number of carbonyl (C=O) groups excluding carboxylic acids is 2. The number of aliphatic carboxylic acids is 1. The van der Waals surface area contributed by atoms with E-state index in [2.05, 4.69) is 34.9 Å². The van der Waals surface area contributed by atoms with Crippen molar-refractivity contribution in [3.05, 3.63) is 59.7 Å². The number of alkyl carbamates (subject to hydrolysis) is 1. The van der Waals surface area contributed by atoms with Crippen molar-refractivity contribution in [1.29, 1.82) is 0 Å². The number of amides is 2. The van der Waals surface area contributed by atoms with E-state index >= 15 is 0 Å². The Morgan fingerprint density at radius 1 is 0.941 bits per heavy atom. The van der Waals surface area contributed by atoms with E-state index in [4.69, 9.17) is 9.84 Å². The normalized spacial score (nSPS) is 18.9. The van der Waals surface area contributed by atoms with Gasteiger partial charge in [0.1, 0.15) is 6.61 Å². The van der Waals surface area contributed by atoms with Gasteiger partial charge in [0.05, 0.1) is 5.41 Å². The minimum Gasteiger partial charge on any atom is -0.481 e. The topological polar surface area (TPSA) is 105 Å². The summed E-state index contributed by atoms with van der Waals surface area (Å²) >= 11 is 0. The van der Waals surface area contributed by atoms with Crippen LogP contribution in [0.4, 0.5) is 4.79 Å². The van der Waals surface area contributed by atoms with Crippen LogP contribution in [0.5, 0.6) is 0 Å². The number of hydrogen-bond acceptors (Lipinski definition) is 4. The second-order valence-electron chi connectivity index (χ2n) is 10.1. The molecule has 2 aromatic rings. The van der Waals surface area contributed by atoms with Crippen LogP contribution in [0.15, 0.2) is 48.5 Å². The molecule has 1 saturated carbocycles. The molecule has 0 unspecified atom stereocenters. The molecule has 0 aromatic heterocycles. The van der Waals surface area contributed by atoms with Crippen molar-refractivity contribution < 1.29 is 24.2 Å². The predicted octanol–water partition coefficient (Wildman–Crippen LogP) is 4.17. The first-order chi connectivity index (χ1) is 16.2. The second kappa shape index (κ2) is 9.87. The van der Waals surface area contributed by atoms with Gasteiger partial charge in [-0.1, -0.05) is 48.5 Å². The number of hydrogen-bond donors (Lipinski definition) is 3. The minimum atomic E-state index is -0.981. The molecule has 180 valence electrons. The Kier molecular flexibility index (Phi) is 6.91. The Bertz CT molecular complexity index is 1030. The van der Waals surface area contributed by atoms with E-state index in [0.717, 1.165) is 12.8 Å². The fraction of sp³-hybridized carbons (Fsp3) is 0.444. The van der Waals surface area contributed by atoms with Crippen molar-refractivity contribution >= 4 is 18.0 Å². The van der Waals surface area contributed by atoms with Crippen molar-refractivity contribution in [3.63, 3.8) is 0 Å². The zero-order chi connectivity index (χ0) is 24.3. The Morgan fingerprint density at radius 2 is 1.53 bits per heavy atom. The highest BCUT2D eigenvalue weighted by Gasteiger charge is 2.33. The predicted molar refractivity (Wildman–Crippen MR) is 128 cm³/mol. The maximum Gasteiger partial charge on any atom is 0.407 e. The molecule has 0 heterocycles. The van der Waals surface area contributed by atoms with Crippen LogP contribution in [0.1, 0.15) is 50.2 Å². The summed E-state index contributed by atoms with van der Waals surface area (Å²) in [6.45, 7) is 4.11. The summed E-state index contributed by atoms with van der Waals surface area (Å²) < 4.78 is 5.57. The Labute approximate surface area is 199 Å². The molecule has 4 rings (SSSR count). The van der Waals surface area contributed by atoms with Gasteiger partial charge in [-0.3, -0.25) is 9.59 Å². The number of fused-ring (bicyclic) bond motifs is 3. The largest absolute Gasteiger partial charge is 0.481 e. The minimum absolute atomic E-state index is 0.0378. The molecule has 7 nitrogen and oxygen atoms in total. The van der Waals surface area contributed by atoms with Gasteiger partial charge in [-0.25, -0.2) is 4.79 Å². The van der Waals surface area contributed by atoms with E-state index in [1.54, 1.807) is 13.8 Å². The van der Waals surface area contributed by atoms with Gasteiger partial charge in [-0.05, 0) is 60.8 Å². The van der Waals surface area contributed by atoms with Crippen LogP contribution in [-0.4, -0.2) is 42.8 Å². The number of nitrogens with one attached hydrogen (secondary N) is 2. The van der Waals surface area contributed by atoms with Crippen LogP contribution in [0, 0.1) is 17.3 Å². The first kappa shape index (κ1) is 23.8. The van der Waals surface area contributed by atoms with Crippen LogP contribution < -0.4 is 10.6 Å². The Morgan fingerprint density at radius 3 is 2.12 bits per heavy atom. The lowest BCUT2D eigenvalue weighted by molar-refractivity contribution is -0.146. The number of ether oxygens (including phenoxy) is 1. The first-order valence-corrected chi connectivity index (χ1v) is 11.8. The van der Waals surface area contributed by atoms with Crippen LogP contribution in [0.3, 0.4) is 0 Å². The average Bonchev–Trinajstić information content (AvgIpc) is 3.11. The summed E-state index contributed by atoms with van der Waals surface area (Å²) in [6.07, 6.45) is 1.69. The summed E-state index contributed by atoms with van der Waals surface area (Å²) in [5, 5.41) is 14.7. The second-order valence-corrected chi connectivity index (χ2v) is 10.1. The maximum absolute atomic E-state index is 12.3. The highest BCUT2D eigenvalue weighted by Crippen LogP contribution is 2.44. The van der Waals surface area contributed by atoms with Crippen LogP contribution >= 0.6 is 0 Å². The molecule has 7 heteroatoms. The molecule has 2 aliphatic carbocycles. The van der Waals surface area contributed by atoms with Gasteiger partial charge in [0.15, 0.2) is 0 Å². The molecule has 1 fully saturated rings. The standard InChI is InChI=1S/C27H32N2O5/c1-27(2,25(31)32)16-29-24(30)13-17-11-18(12-17)14-28-26(33)34-15-23-21-9-5-3-7-19(21)20-8-4-6-10-22(20)23/h3-10,17-18,23H,11-16H2,1-2H3,(H,28,33)(H,29,30)(H,31,32). The van der Waals surface area contributed by atoms with E-state index in [-0.39, 0.29) is 24.3 Å². The molecular weight excluding hydrogens is 432 g/mol. The lowest BCUT2D eigenvalue weighted by Gasteiger charge is -2.35. The summed E-state index contributed by atoms with van der Waals surface area (Å²) in [7, 11) is 0. The third-order valence-electron chi connectivity index (χ3n) is 6.99. The van der Waals surface area contributed by atoms with Crippen molar-refractivity contribution in [2.75, 3.05) is 19.7 Å². The molecule has 2 aromatic carbocycles. The third-order valence-corrected chi connectivity index (χ3v) is 6.99. The molecule has 34 heavy (non-hydrogen) atoms. The highest BCUT2D eigenvalue weighted by atomic mass is 16.5.